The average Bonchev–Trinajstić information content (AvgIpc) is 3.22. The molecule has 3 heterocycles. The molecular formula is C22H26FN7O3. The molecule has 4 rings (SSSR count). The Labute approximate surface area is 189 Å². The molecule has 2 atom stereocenters. The van der Waals surface area contributed by atoms with Crippen LogP contribution in [0.2, 0.25) is 0 Å². The molecule has 174 valence electrons. The van der Waals surface area contributed by atoms with Crippen molar-refractivity contribution in [3.8, 4) is 5.88 Å². The van der Waals surface area contributed by atoms with Crippen LogP contribution in [-0.2, 0) is 21.8 Å². The van der Waals surface area contributed by atoms with Crippen molar-refractivity contribution in [2.75, 3.05) is 0 Å². The summed E-state index contributed by atoms with van der Waals surface area (Å²) in [7, 11) is 0. The van der Waals surface area contributed by atoms with Gasteiger partial charge in [0.1, 0.15) is 23.2 Å². The second kappa shape index (κ2) is 7.61. The van der Waals surface area contributed by atoms with Gasteiger partial charge in [0.05, 0.1) is 18.2 Å². The molecule has 2 amide bonds. The summed E-state index contributed by atoms with van der Waals surface area (Å²) in [6, 6.07) is 8.09. The summed E-state index contributed by atoms with van der Waals surface area (Å²) < 4.78 is 21.7. The van der Waals surface area contributed by atoms with E-state index in [2.05, 4.69) is 20.7 Å². The van der Waals surface area contributed by atoms with E-state index in [1.807, 2.05) is 13.8 Å². The first-order valence-electron chi connectivity index (χ1n) is 10.4. The molecule has 1 aromatic heterocycles. The first-order valence-corrected chi connectivity index (χ1v) is 10.4. The van der Waals surface area contributed by atoms with Crippen molar-refractivity contribution in [1.82, 2.24) is 20.4 Å². The maximum Gasteiger partial charge on any atom is 0.245 e. The molecule has 0 radical (unpaired) electrons. The quantitative estimate of drug-likeness (QED) is 0.474. The Kier molecular flexibility index (Phi) is 5.14. The number of carbonyl (C=O) groups is 2. The number of halogens is 1. The molecule has 0 fully saturated rings. The van der Waals surface area contributed by atoms with Gasteiger partial charge in [0.25, 0.3) is 0 Å². The Morgan fingerprint density at radius 1 is 1.30 bits per heavy atom. The standard InChI is InChI=1S/C22H26FN7O3/c1-11(2)33-15-9-14(29-30(15)10-12-7-5-6-8-13(12)23)22(4)27-17(24)16-18(28-22)26-20(32)21(16,3)19(25)31/h5-9,11,28H,10H2,1-4H3,(H2,24,27)(H2,25,31)(H,26,32). The Bertz CT molecular complexity index is 1220. The third kappa shape index (κ3) is 3.59. The van der Waals surface area contributed by atoms with Gasteiger partial charge in [-0.2, -0.15) is 5.10 Å². The largest absolute Gasteiger partial charge is 0.475 e. The molecule has 0 aliphatic carbocycles. The van der Waals surface area contributed by atoms with Crippen molar-refractivity contribution in [3.05, 3.63) is 58.8 Å². The van der Waals surface area contributed by atoms with Gasteiger partial charge in [-0.1, -0.05) is 18.2 Å². The van der Waals surface area contributed by atoms with Crippen LogP contribution in [0.1, 0.15) is 39.0 Å². The molecule has 33 heavy (non-hydrogen) atoms. The van der Waals surface area contributed by atoms with Gasteiger partial charge in [0.15, 0.2) is 11.1 Å². The van der Waals surface area contributed by atoms with Crippen LogP contribution < -0.4 is 26.8 Å². The van der Waals surface area contributed by atoms with Crippen LogP contribution in [0.5, 0.6) is 5.88 Å². The highest BCUT2D eigenvalue weighted by molar-refractivity contribution is 6.19. The number of nitrogens with one attached hydrogen (secondary N) is 2. The molecule has 2 aliphatic rings. The number of aliphatic imine (C=N–C) groups is 1. The molecule has 1 aromatic carbocycles. The molecule has 0 saturated carbocycles. The number of hydrogen-bond acceptors (Lipinski definition) is 7. The lowest BCUT2D eigenvalue weighted by atomic mass is 9.81. The van der Waals surface area contributed by atoms with Gasteiger partial charge in [-0.15, -0.1) is 0 Å². The smallest absolute Gasteiger partial charge is 0.245 e. The minimum Gasteiger partial charge on any atom is -0.475 e. The Balaban J connectivity index is 1.74. The number of nitrogens with zero attached hydrogens (tertiary/aromatic N) is 3. The molecule has 6 N–H and O–H groups in total. The zero-order valence-corrected chi connectivity index (χ0v) is 18.8. The SMILES string of the molecule is CC(C)Oc1cc(C2(C)N=C(N)C3=C(NC(=O)C3(C)C(N)=O)N2)nn1Cc1ccccc1F. The number of rotatable bonds is 6. The lowest BCUT2D eigenvalue weighted by Gasteiger charge is -2.32. The second-order valence-corrected chi connectivity index (χ2v) is 8.67. The average molecular weight is 455 g/mol. The fourth-order valence-electron chi connectivity index (χ4n) is 3.94. The molecular weight excluding hydrogens is 429 g/mol. The third-order valence-corrected chi connectivity index (χ3v) is 5.78. The Hall–Kier alpha value is -3.89. The molecule has 2 aromatic rings. The zero-order chi connectivity index (χ0) is 24.1. The number of aromatic nitrogens is 2. The highest BCUT2D eigenvalue weighted by atomic mass is 19.1. The maximum absolute atomic E-state index is 14.3. The maximum atomic E-state index is 14.3. The summed E-state index contributed by atoms with van der Waals surface area (Å²) in [4.78, 5) is 29.1. The lowest BCUT2D eigenvalue weighted by Crippen LogP contribution is -2.48. The van der Waals surface area contributed by atoms with Crippen molar-refractivity contribution >= 4 is 17.6 Å². The molecule has 2 unspecified atom stereocenters. The van der Waals surface area contributed by atoms with Crippen LogP contribution in [0, 0.1) is 11.2 Å². The zero-order valence-electron chi connectivity index (χ0n) is 18.8. The first-order chi connectivity index (χ1) is 15.5. The third-order valence-electron chi connectivity index (χ3n) is 5.78. The summed E-state index contributed by atoms with van der Waals surface area (Å²) in [5, 5.41) is 10.4. The van der Waals surface area contributed by atoms with Crippen LogP contribution in [0.3, 0.4) is 0 Å². The number of carbonyl (C=O) groups excluding carboxylic acids is 2. The van der Waals surface area contributed by atoms with E-state index in [0.717, 1.165) is 0 Å². The number of ether oxygens (including phenoxy) is 1. The summed E-state index contributed by atoms with van der Waals surface area (Å²) in [6.45, 7) is 6.98. The lowest BCUT2D eigenvalue weighted by molar-refractivity contribution is -0.136. The summed E-state index contributed by atoms with van der Waals surface area (Å²) in [5.74, 6) is -1.15. The number of amides is 2. The molecule has 0 spiro atoms. The fourth-order valence-corrected chi connectivity index (χ4v) is 3.94. The van der Waals surface area contributed by atoms with E-state index in [-0.39, 0.29) is 35.7 Å². The van der Waals surface area contributed by atoms with Gasteiger partial charge in [-0.25, -0.2) is 14.1 Å². The fraction of sp³-hybridized carbons (Fsp3) is 0.364. The van der Waals surface area contributed by atoms with Crippen molar-refractivity contribution in [2.45, 2.75) is 46.0 Å². The Morgan fingerprint density at radius 3 is 2.64 bits per heavy atom. The predicted octanol–water partition coefficient (Wildman–Crippen LogP) is 0.824. The van der Waals surface area contributed by atoms with Gasteiger partial charge in [-0.05, 0) is 33.8 Å². The predicted molar refractivity (Wildman–Crippen MR) is 118 cm³/mol. The molecule has 2 aliphatic heterocycles. The van der Waals surface area contributed by atoms with E-state index in [9.17, 15) is 14.0 Å². The second-order valence-electron chi connectivity index (χ2n) is 8.67. The van der Waals surface area contributed by atoms with E-state index in [1.54, 1.807) is 31.2 Å². The van der Waals surface area contributed by atoms with Crippen LogP contribution >= 0.6 is 0 Å². The normalized spacial score (nSPS) is 24.3. The first kappa shape index (κ1) is 22.3. The molecule has 10 nitrogen and oxygen atoms in total. The van der Waals surface area contributed by atoms with Crippen LogP contribution in [0.4, 0.5) is 4.39 Å². The van der Waals surface area contributed by atoms with E-state index >= 15 is 0 Å². The summed E-state index contributed by atoms with van der Waals surface area (Å²) >= 11 is 0. The van der Waals surface area contributed by atoms with E-state index in [0.29, 0.717) is 17.1 Å². The van der Waals surface area contributed by atoms with Gasteiger partial charge in [-0.3, -0.25) is 9.59 Å². The number of hydrogen-bond donors (Lipinski definition) is 4. The summed E-state index contributed by atoms with van der Waals surface area (Å²) in [5.41, 5.74) is 9.92. The van der Waals surface area contributed by atoms with Crippen LogP contribution in [0.15, 0.2) is 46.7 Å². The van der Waals surface area contributed by atoms with Crippen LogP contribution in [0.25, 0.3) is 0 Å². The highest BCUT2D eigenvalue weighted by Crippen LogP contribution is 2.39. The molecule has 0 saturated heterocycles. The van der Waals surface area contributed by atoms with Gasteiger partial charge in [0, 0.05) is 11.6 Å². The minimum absolute atomic E-state index is 0.0131. The monoisotopic (exact) mass is 455 g/mol. The van der Waals surface area contributed by atoms with Gasteiger partial charge >= 0.3 is 0 Å². The number of benzene rings is 1. The van der Waals surface area contributed by atoms with E-state index in [4.69, 9.17) is 16.2 Å². The van der Waals surface area contributed by atoms with E-state index in [1.165, 1.54) is 17.7 Å². The van der Waals surface area contributed by atoms with Crippen molar-refractivity contribution in [1.29, 1.82) is 0 Å². The van der Waals surface area contributed by atoms with Crippen LogP contribution in [-0.4, -0.2) is 33.5 Å². The minimum atomic E-state index is -1.65. The molecule has 0 bridgehead atoms. The summed E-state index contributed by atoms with van der Waals surface area (Å²) in [6.07, 6.45) is -0.158. The van der Waals surface area contributed by atoms with Gasteiger partial charge in [0.2, 0.25) is 17.7 Å². The van der Waals surface area contributed by atoms with Crippen molar-refractivity contribution in [2.24, 2.45) is 21.9 Å². The van der Waals surface area contributed by atoms with Gasteiger partial charge < -0.3 is 26.8 Å². The number of primary amides is 1. The van der Waals surface area contributed by atoms with Crippen molar-refractivity contribution < 1.29 is 18.7 Å². The highest BCUT2D eigenvalue weighted by Gasteiger charge is 2.54. The Morgan fingerprint density at radius 2 is 2.00 bits per heavy atom. The van der Waals surface area contributed by atoms with Crippen molar-refractivity contribution in [3.63, 3.8) is 0 Å². The van der Waals surface area contributed by atoms with E-state index < -0.39 is 22.9 Å². The number of amidine groups is 1. The number of nitrogens with two attached hydrogens (primary N) is 2. The topological polar surface area (TPSA) is 150 Å². The molecule has 11 heteroatoms.